The van der Waals surface area contributed by atoms with Crippen LogP contribution in [-0.2, 0) is 0 Å². The SMILES string of the molecule is CCC(C)N(C)CCNc1nc(N)nc(N2CCCC2)n1. The molecule has 0 spiro atoms. The molecule has 0 amide bonds. The van der Waals surface area contributed by atoms with E-state index < -0.39 is 0 Å². The van der Waals surface area contributed by atoms with Crippen molar-refractivity contribution in [2.75, 3.05) is 49.2 Å². The first-order valence-corrected chi connectivity index (χ1v) is 7.80. The zero-order valence-electron chi connectivity index (χ0n) is 13.3. The molecule has 7 nitrogen and oxygen atoms in total. The normalized spacial score (nSPS) is 16.5. The van der Waals surface area contributed by atoms with E-state index in [2.05, 4.69) is 51.0 Å². The number of nitrogens with zero attached hydrogens (tertiary/aromatic N) is 5. The lowest BCUT2D eigenvalue weighted by molar-refractivity contribution is 0.261. The molecule has 0 saturated carbocycles. The molecule has 2 rings (SSSR count). The summed E-state index contributed by atoms with van der Waals surface area (Å²) < 4.78 is 0. The van der Waals surface area contributed by atoms with Crippen molar-refractivity contribution in [1.29, 1.82) is 0 Å². The molecule has 1 fully saturated rings. The van der Waals surface area contributed by atoms with Crippen LogP contribution in [0, 0.1) is 0 Å². The van der Waals surface area contributed by atoms with Crippen LogP contribution in [-0.4, -0.2) is 59.1 Å². The summed E-state index contributed by atoms with van der Waals surface area (Å²) in [5.41, 5.74) is 5.79. The number of hydrogen-bond donors (Lipinski definition) is 2. The van der Waals surface area contributed by atoms with Crippen molar-refractivity contribution in [2.45, 2.75) is 39.2 Å². The minimum Gasteiger partial charge on any atom is -0.368 e. The van der Waals surface area contributed by atoms with Crippen molar-refractivity contribution in [1.82, 2.24) is 19.9 Å². The first-order valence-electron chi connectivity index (χ1n) is 7.80. The first-order chi connectivity index (χ1) is 10.1. The van der Waals surface area contributed by atoms with Gasteiger partial charge in [0.1, 0.15) is 0 Å². The van der Waals surface area contributed by atoms with Crippen molar-refractivity contribution in [2.24, 2.45) is 0 Å². The number of nitrogens with two attached hydrogens (primary N) is 1. The minimum atomic E-state index is 0.282. The van der Waals surface area contributed by atoms with E-state index in [1.54, 1.807) is 0 Å². The van der Waals surface area contributed by atoms with Gasteiger partial charge in [0.2, 0.25) is 17.8 Å². The summed E-state index contributed by atoms with van der Waals surface area (Å²) in [7, 11) is 2.13. The highest BCUT2D eigenvalue weighted by Gasteiger charge is 2.16. The molecule has 7 heteroatoms. The zero-order chi connectivity index (χ0) is 15.2. The van der Waals surface area contributed by atoms with Crippen LogP contribution in [0.15, 0.2) is 0 Å². The summed E-state index contributed by atoms with van der Waals surface area (Å²) in [6.45, 7) is 8.17. The van der Waals surface area contributed by atoms with Crippen LogP contribution in [0.5, 0.6) is 0 Å². The van der Waals surface area contributed by atoms with E-state index in [1.807, 2.05) is 0 Å². The number of rotatable bonds is 7. The average molecular weight is 293 g/mol. The molecule has 1 unspecified atom stereocenters. The molecule has 0 aliphatic carbocycles. The second kappa shape index (κ2) is 7.40. The highest BCUT2D eigenvalue weighted by atomic mass is 15.3. The molecule has 1 saturated heterocycles. The van der Waals surface area contributed by atoms with Crippen LogP contribution < -0.4 is 16.0 Å². The molecule has 0 radical (unpaired) electrons. The lowest BCUT2D eigenvalue weighted by atomic mass is 10.2. The maximum Gasteiger partial charge on any atom is 0.231 e. The standard InChI is InChI=1S/C14H27N7/c1-4-11(2)20(3)10-7-16-13-17-12(15)18-14(19-13)21-8-5-6-9-21/h11H,4-10H2,1-3H3,(H3,15,16,17,18,19). The summed E-state index contributed by atoms with van der Waals surface area (Å²) >= 11 is 0. The van der Waals surface area contributed by atoms with Gasteiger partial charge in [-0.3, -0.25) is 0 Å². The van der Waals surface area contributed by atoms with Gasteiger partial charge in [0.25, 0.3) is 0 Å². The van der Waals surface area contributed by atoms with Gasteiger partial charge in [-0.2, -0.15) is 15.0 Å². The Morgan fingerprint density at radius 2 is 2.00 bits per heavy atom. The third kappa shape index (κ3) is 4.42. The number of aromatic nitrogens is 3. The Morgan fingerprint density at radius 1 is 1.29 bits per heavy atom. The van der Waals surface area contributed by atoms with Gasteiger partial charge in [0.15, 0.2) is 0 Å². The summed E-state index contributed by atoms with van der Waals surface area (Å²) in [6.07, 6.45) is 3.52. The molecule has 0 aromatic carbocycles. The van der Waals surface area contributed by atoms with Gasteiger partial charge in [0, 0.05) is 32.2 Å². The topological polar surface area (TPSA) is 83.2 Å². The van der Waals surface area contributed by atoms with Gasteiger partial charge in [-0.05, 0) is 33.2 Å². The van der Waals surface area contributed by atoms with Crippen LogP contribution in [0.3, 0.4) is 0 Å². The number of likely N-dealkylation sites (N-methyl/N-ethyl adjacent to an activating group) is 1. The average Bonchev–Trinajstić information content (AvgIpc) is 3.00. The Kier molecular flexibility index (Phi) is 5.55. The van der Waals surface area contributed by atoms with E-state index in [1.165, 1.54) is 12.8 Å². The highest BCUT2D eigenvalue weighted by molar-refractivity contribution is 5.42. The first kappa shape index (κ1) is 15.8. The fraction of sp³-hybridized carbons (Fsp3) is 0.786. The van der Waals surface area contributed by atoms with E-state index in [4.69, 9.17) is 5.73 Å². The van der Waals surface area contributed by atoms with Crippen molar-refractivity contribution in [3.05, 3.63) is 0 Å². The van der Waals surface area contributed by atoms with Gasteiger partial charge < -0.3 is 20.9 Å². The predicted molar refractivity (Wildman–Crippen MR) is 86.6 cm³/mol. The molecule has 3 N–H and O–H groups in total. The Bertz CT molecular complexity index is 445. The summed E-state index contributed by atoms with van der Waals surface area (Å²) in [5.74, 6) is 1.55. The third-order valence-electron chi connectivity index (χ3n) is 4.12. The van der Waals surface area contributed by atoms with Gasteiger partial charge in [-0.25, -0.2) is 0 Å². The smallest absolute Gasteiger partial charge is 0.231 e. The van der Waals surface area contributed by atoms with E-state index >= 15 is 0 Å². The number of nitrogen functional groups attached to an aromatic ring is 1. The molecule has 0 bridgehead atoms. The van der Waals surface area contributed by atoms with Crippen molar-refractivity contribution < 1.29 is 0 Å². The van der Waals surface area contributed by atoms with Crippen LogP contribution in [0.4, 0.5) is 17.8 Å². The largest absolute Gasteiger partial charge is 0.368 e. The molecule has 1 aromatic heterocycles. The van der Waals surface area contributed by atoms with Crippen molar-refractivity contribution >= 4 is 17.8 Å². The molecule has 1 aromatic rings. The van der Waals surface area contributed by atoms with E-state index in [0.717, 1.165) is 32.6 Å². The Morgan fingerprint density at radius 3 is 2.67 bits per heavy atom. The monoisotopic (exact) mass is 293 g/mol. The molecule has 1 aliphatic heterocycles. The number of hydrogen-bond acceptors (Lipinski definition) is 7. The minimum absolute atomic E-state index is 0.282. The fourth-order valence-corrected chi connectivity index (χ4v) is 2.39. The summed E-state index contributed by atoms with van der Waals surface area (Å²) in [5, 5.41) is 3.25. The van der Waals surface area contributed by atoms with Gasteiger partial charge in [-0.15, -0.1) is 0 Å². The number of nitrogens with one attached hydrogen (secondary N) is 1. The van der Waals surface area contributed by atoms with Crippen molar-refractivity contribution in [3.8, 4) is 0 Å². The molecular weight excluding hydrogens is 266 g/mol. The van der Waals surface area contributed by atoms with E-state index in [0.29, 0.717) is 17.9 Å². The Hall–Kier alpha value is -1.63. The van der Waals surface area contributed by atoms with Gasteiger partial charge >= 0.3 is 0 Å². The van der Waals surface area contributed by atoms with Crippen LogP contribution in [0.2, 0.25) is 0 Å². The summed E-state index contributed by atoms with van der Waals surface area (Å²) in [6, 6.07) is 0.579. The van der Waals surface area contributed by atoms with E-state index in [9.17, 15) is 0 Å². The zero-order valence-corrected chi connectivity index (χ0v) is 13.3. The van der Waals surface area contributed by atoms with E-state index in [-0.39, 0.29) is 5.95 Å². The second-order valence-corrected chi connectivity index (χ2v) is 5.68. The molecule has 118 valence electrons. The van der Waals surface area contributed by atoms with Gasteiger partial charge in [0.05, 0.1) is 0 Å². The quantitative estimate of drug-likeness (QED) is 0.781. The fourth-order valence-electron chi connectivity index (χ4n) is 2.39. The Balaban J connectivity index is 1.90. The Labute approximate surface area is 127 Å². The predicted octanol–water partition coefficient (Wildman–Crippen LogP) is 1.20. The van der Waals surface area contributed by atoms with Gasteiger partial charge in [-0.1, -0.05) is 6.92 Å². The lowest BCUT2D eigenvalue weighted by Gasteiger charge is -2.23. The maximum absolute atomic E-state index is 5.79. The highest BCUT2D eigenvalue weighted by Crippen LogP contribution is 2.17. The molecule has 1 aliphatic rings. The molecule has 21 heavy (non-hydrogen) atoms. The molecular formula is C14H27N7. The van der Waals surface area contributed by atoms with Crippen LogP contribution >= 0.6 is 0 Å². The number of anilines is 3. The second-order valence-electron chi connectivity index (χ2n) is 5.68. The van der Waals surface area contributed by atoms with Crippen LogP contribution in [0.25, 0.3) is 0 Å². The lowest BCUT2D eigenvalue weighted by Crippen LogP contribution is -2.33. The van der Waals surface area contributed by atoms with Crippen molar-refractivity contribution in [3.63, 3.8) is 0 Å². The summed E-state index contributed by atoms with van der Waals surface area (Å²) in [4.78, 5) is 17.3. The molecule has 1 atom stereocenters. The third-order valence-corrected chi connectivity index (χ3v) is 4.12. The van der Waals surface area contributed by atoms with Crippen LogP contribution in [0.1, 0.15) is 33.1 Å². The maximum atomic E-state index is 5.79. The molecule has 2 heterocycles.